The van der Waals surface area contributed by atoms with Crippen LogP contribution in [-0.4, -0.2) is 60.9 Å². The Morgan fingerprint density at radius 1 is 1.10 bits per heavy atom. The van der Waals surface area contributed by atoms with Crippen LogP contribution in [0.25, 0.3) is 0 Å². The van der Waals surface area contributed by atoms with E-state index in [1.807, 2.05) is 6.92 Å². The SMILES string of the molecule is CCCS(=O)(=O)N1CCN(C2(CCC(=O)c3c(F)cccc3F)CC3CC3C2)CC1. The molecule has 8 heteroatoms. The molecule has 5 nitrogen and oxygen atoms in total. The highest BCUT2D eigenvalue weighted by Crippen LogP contribution is 2.59. The normalized spacial score (nSPS) is 29.7. The summed E-state index contributed by atoms with van der Waals surface area (Å²) in [5.74, 6) is -0.588. The topological polar surface area (TPSA) is 57.7 Å². The van der Waals surface area contributed by atoms with Crippen molar-refractivity contribution in [1.29, 1.82) is 0 Å². The smallest absolute Gasteiger partial charge is 0.214 e. The maximum absolute atomic E-state index is 14.0. The van der Waals surface area contributed by atoms with E-state index in [1.165, 1.54) is 12.5 Å². The van der Waals surface area contributed by atoms with Crippen molar-refractivity contribution in [1.82, 2.24) is 9.21 Å². The van der Waals surface area contributed by atoms with Gasteiger partial charge in [-0.3, -0.25) is 9.69 Å². The lowest BCUT2D eigenvalue weighted by Crippen LogP contribution is -2.57. The Kier molecular flexibility index (Phi) is 6.03. The van der Waals surface area contributed by atoms with Crippen molar-refractivity contribution in [2.75, 3.05) is 31.9 Å². The van der Waals surface area contributed by atoms with E-state index in [0.717, 1.165) is 25.0 Å². The molecule has 2 unspecified atom stereocenters. The van der Waals surface area contributed by atoms with Crippen LogP contribution in [0.4, 0.5) is 8.78 Å². The summed E-state index contributed by atoms with van der Waals surface area (Å²) in [6, 6.07) is 3.50. The number of carbonyl (C=O) groups is 1. The van der Waals surface area contributed by atoms with Crippen molar-refractivity contribution in [2.24, 2.45) is 11.8 Å². The predicted octanol–water partition coefficient (Wildman–Crippen LogP) is 3.45. The fourth-order valence-electron chi connectivity index (χ4n) is 5.55. The average molecular weight is 441 g/mol. The molecule has 1 aliphatic heterocycles. The Labute approximate surface area is 177 Å². The van der Waals surface area contributed by atoms with Gasteiger partial charge in [-0.1, -0.05) is 13.0 Å². The molecule has 166 valence electrons. The highest BCUT2D eigenvalue weighted by atomic mass is 32.2. The molecule has 0 bridgehead atoms. The van der Waals surface area contributed by atoms with Crippen LogP contribution in [0.5, 0.6) is 0 Å². The van der Waals surface area contributed by atoms with Gasteiger partial charge >= 0.3 is 0 Å². The second-order valence-electron chi connectivity index (χ2n) is 9.11. The lowest BCUT2D eigenvalue weighted by molar-refractivity contribution is 0.0389. The summed E-state index contributed by atoms with van der Waals surface area (Å²) < 4.78 is 54.3. The van der Waals surface area contributed by atoms with Crippen molar-refractivity contribution < 1.29 is 22.0 Å². The van der Waals surface area contributed by atoms with E-state index < -0.39 is 33.0 Å². The fraction of sp³-hybridized carbons (Fsp3) is 0.682. The molecule has 0 spiro atoms. The molecular weight excluding hydrogens is 410 g/mol. The third kappa shape index (κ3) is 4.18. The maximum Gasteiger partial charge on any atom is 0.214 e. The van der Waals surface area contributed by atoms with E-state index in [4.69, 9.17) is 0 Å². The van der Waals surface area contributed by atoms with Crippen LogP contribution in [0.1, 0.15) is 55.8 Å². The van der Waals surface area contributed by atoms with Crippen molar-refractivity contribution in [3.8, 4) is 0 Å². The van der Waals surface area contributed by atoms with Crippen molar-refractivity contribution in [3.05, 3.63) is 35.4 Å². The van der Waals surface area contributed by atoms with Crippen LogP contribution in [0.15, 0.2) is 18.2 Å². The zero-order chi connectivity index (χ0) is 21.5. The summed E-state index contributed by atoms with van der Waals surface area (Å²) >= 11 is 0. The van der Waals surface area contributed by atoms with E-state index in [9.17, 15) is 22.0 Å². The second-order valence-corrected chi connectivity index (χ2v) is 11.2. The maximum atomic E-state index is 14.0. The second kappa shape index (κ2) is 8.28. The predicted molar refractivity (Wildman–Crippen MR) is 111 cm³/mol. The van der Waals surface area contributed by atoms with E-state index in [-0.39, 0.29) is 17.7 Å². The number of sulfonamides is 1. The van der Waals surface area contributed by atoms with E-state index in [2.05, 4.69) is 4.90 Å². The lowest BCUT2D eigenvalue weighted by Gasteiger charge is -2.47. The van der Waals surface area contributed by atoms with Gasteiger partial charge in [0, 0.05) is 38.1 Å². The number of nitrogens with zero attached hydrogens (tertiary/aromatic N) is 2. The van der Waals surface area contributed by atoms with Gasteiger partial charge in [0.25, 0.3) is 0 Å². The first kappa shape index (κ1) is 21.8. The number of piperazine rings is 1. The standard InChI is InChI=1S/C22H30F2N2O3S/c1-2-12-30(28,29)26-10-8-25(9-11-26)22(14-16-13-17(16)15-22)7-6-20(27)21-18(23)4-3-5-19(21)24/h3-5,16-17H,2,6-15H2,1H3. The number of Topliss-reactive ketones (excluding diaryl/α,β-unsaturated/α-hetero) is 1. The Morgan fingerprint density at radius 3 is 2.27 bits per heavy atom. The van der Waals surface area contributed by atoms with Crippen molar-refractivity contribution in [3.63, 3.8) is 0 Å². The summed E-state index contributed by atoms with van der Waals surface area (Å²) in [4.78, 5) is 15.0. The third-order valence-electron chi connectivity index (χ3n) is 7.18. The highest BCUT2D eigenvalue weighted by molar-refractivity contribution is 7.89. The number of halogens is 2. The molecule has 0 aromatic heterocycles. The van der Waals surface area contributed by atoms with Crippen LogP contribution >= 0.6 is 0 Å². The molecule has 2 saturated carbocycles. The van der Waals surface area contributed by atoms with Crippen molar-refractivity contribution >= 4 is 15.8 Å². The van der Waals surface area contributed by atoms with Crippen molar-refractivity contribution in [2.45, 2.75) is 51.0 Å². The third-order valence-corrected chi connectivity index (χ3v) is 9.25. The van der Waals surface area contributed by atoms with Crippen LogP contribution < -0.4 is 0 Å². The van der Waals surface area contributed by atoms with Gasteiger partial charge in [-0.25, -0.2) is 17.2 Å². The van der Waals surface area contributed by atoms with Gasteiger partial charge in [0.2, 0.25) is 10.0 Å². The van der Waals surface area contributed by atoms with E-state index in [0.29, 0.717) is 50.9 Å². The highest BCUT2D eigenvalue weighted by Gasteiger charge is 2.56. The summed E-state index contributed by atoms with van der Waals surface area (Å²) in [6.07, 6.45) is 4.48. The van der Waals surface area contributed by atoms with E-state index >= 15 is 0 Å². The quantitative estimate of drug-likeness (QED) is 0.581. The monoisotopic (exact) mass is 440 g/mol. The molecule has 0 N–H and O–H groups in total. The largest absolute Gasteiger partial charge is 0.295 e. The first-order chi connectivity index (χ1) is 14.3. The molecule has 1 heterocycles. The number of ketones is 1. The minimum atomic E-state index is -3.20. The molecular formula is C22H30F2N2O3S. The molecule has 3 fully saturated rings. The molecule has 0 amide bonds. The molecule has 0 radical (unpaired) electrons. The summed E-state index contributed by atoms with van der Waals surface area (Å²) in [5.41, 5.74) is -0.600. The van der Waals surface area contributed by atoms with Gasteiger partial charge in [-0.15, -0.1) is 0 Å². The summed E-state index contributed by atoms with van der Waals surface area (Å²) in [6.45, 7) is 4.09. The van der Waals surface area contributed by atoms with Crippen LogP contribution in [0.2, 0.25) is 0 Å². The number of hydrogen-bond acceptors (Lipinski definition) is 4. The zero-order valence-electron chi connectivity index (χ0n) is 17.4. The number of benzene rings is 1. The van der Waals surface area contributed by atoms with Crippen LogP contribution in [-0.2, 0) is 10.0 Å². The molecule has 1 aromatic rings. The Balaban J connectivity index is 1.44. The van der Waals surface area contributed by atoms with Gasteiger partial charge in [0.1, 0.15) is 11.6 Å². The number of carbonyl (C=O) groups excluding carboxylic acids is 1. The summed E-state index contributed by atoms with van der Waals surface area (Å²) in [5, 5.41) is 0. The lowest BCUT2D eigenvalue weighted by atomic mass is 9.84. The molecule has 2 atom stereocenters. The number of fused-ring (bicyclic) bond motifs is 1. The summed E-state index contributed by atoms with van der Waals surface area (Å²) in [7, 11) is -3.20. The molecule has 1 aromatic carbocycles. The Bertz CT molecular complexity index is 883. The number of hydrogen-bond donors (Lipinski definition) is 0. The fourth-order valence-corrected chi connectivity index (χ4v) is 7.05. The molecule has 4 rings (SSSR count). The Hall–Kier alpha value is -1.38. The molecule has 2 aliphatic carbocycles. The molecule has 30 heavy (non-hydrogen) atoms. The first-order valence-electron chi connectivity index (χ1n) is 11.0. The van der Waals surface area contributed by atoms with Gasteiger partial charge in [0.05, 0.1) is 11.3 Å². The van der Waals surface area contributed by atoms with Gasteiger partial charge < -0.3 is 0 Å². The molecule has 3 aliphatic rings. The molecule has 1 saturated heterocycles. The van der Waals surface area contributed by atoms with Crippen LogP contribution in [0.3, 0.4) is 0 Å². The number of rotatable bonds is 8. The minimum Gasteiger partial charge on any atom is -0.295 e. The van der Waals surface area contributed by atoms with Gasteiger partial charge in [0.15, 0.2) is 5.78 Å². The van der Waals surface area contributed by atoms with E-state index in [1.54, 1.807) is 4.31 Å². The zero-order valence-corrected chi connectivity index (χ0v) is 18.3. The average Bonchev–Trinajstić information content (AvgIpc) is 3.32. The van der Waals surface area contributed by atoms with Gasteiger partial charge in [-0.2, -0.15) is 4.31 Å². The van der Waals surface area contributed by atoms with Crippen LogP contribution in [0, 0.1) is 23.5 Å². The minimum absolute atomic E-state index is 0.103. The van der Waals surface area contributed by atoms with Gasteiger partial charge in [-0.05, 0) is 56.1 Å². The first-order valence-corrected chi connectivity index (χ1v) is 12.6. The Morgan fingerprint density at radius 2 is 1.70 bits per heavy atom.